The van der Waals surface area contributed by atoms with Crippen LogP contribution < -0.4 is 10.6 Å². The molecule has 0 aliphatic rings. The van der Waals surface area contributed by atoms with Crippen molar-refractivity contribution >= 4 is 18.0 Å². The largest absolute Gasteiger partial charge is 0.458 e. The van der Waals surface area contributed by atoms with E-state index >= 15 is 0 Å². The number of alkyl carbamates (subject to hydrolysis) is 1. The van der Waals surface area contributed by atoms with Crippen molar-refractivity contribution < 1.29 is 29.0 Å². The van der Waals surface area contributed by atoms with Crippen LogP contribution in [0.3, 0.4) is 0 Å². The molecule has 23 heavy (non-hydrogen) atoms. The lowest BCUT2D eigenvalue weighted by atomic mass is 10.1. The summed E-state index contributed by atoms with van der Waals surface area (Å²) < 4.78 is 10.3. The number of esters is 1. The molecule has 2 atom stereocenters. The molecule has 0 aromatic carbocycles. The molecule has 134 valence electrons. The molecule has 0 spiro atoms. The van der Waals surface area contributed by atoms with Crippen LogP contribution in [0.4, 0.5) is 4.79 Å². The lowest BCUT2D eigenvalue weighted by Crippen LogP contribution is -2.49. The normalized spacial score (nSPS) is 14.4. The average Bonchev–Trinajstić information content (AvgIpc) is 2.32. The first-order valence-corrected chi connectivity index (χ1v) is 7.37. The first-order valence-electron chi connectivity index (χ1n) is 7.37. The van der Waals surface area contributed by atoms with E-state index in [0.717, 1.165) is 0 Å². The number of nitrogens with one attached hydrogen (secondary N) is 2. The number of amides is 2. The monoisotopic (exact) mass is 332 g/mol. The summed E-state index contributed by atoms with van der Waals surface area (Å²) in [7, 11) is 1.36. The second-order valence-corrected chi connectivity index (χ2v) is 7.10. The number of hydrogen-bond donors (Lipinski definition) is 3. The van der Waals surface area contributed by atoms with Crippen molar-refractivity contribution in [3.05, 3.63) is 0 Å². The van der Waals surface area contributed by atoms with Gasteiger partial charge in [-0.15, -0.1) is 0 Å². The minimum atomic E-state index is -1.47. The molecular formula is C15H28N2O6. The second kappa shape index (κ2) is 8.14. The Balaban J connectivity index is 5.03. The van der Waals surface area contributed by atoms with Gasteiger partial charge >= 0.3 is 12.1 Å². The van der Waals surface area contributed by atoms with Gasteiger partial charge in [0.05, 0.1) is 0 Å². The molecule has 0 saturated heterocycles. The van der Waals surface area contributed by atoms with Crippen LogP contribution in [0.5, 0.6) is 0 Å². The van der Waals surface area contributed by atoms with E-state index < -0.39 is 41.3 Å². The standard InChI is InChI=1S/C15H28N2O6/c1-14(2,3)22-12(20)9(8-10(18)11(19)16-7)17-13(21)23-15(4,5)6/h9-10,18H,8H2,1-7H3,(H,16,19)(H,17,21)/t9-,10?/m1/s1. The van der Waals surface area contributed by atoms with Crippen LogP contribution in [-0.2, 0) is 19.1 Å². The van der Waals surface area contributed by atoms with Gasteiger partial charge in [0.2, 0.25) is 5.91 Å². The third-order valence-corrected chi connectivity index (χ3v) is 2.39. The first-order chi connectivity index (χ1) is 10.2. The van der Waals surface area contributed by atoms with Crippen LogP contribution >= 0.6 is 0 Å². The Morgan fingerprint density at radius 3 is 1.87 bits per heavy atom. The Hall–Kier alpha value is -1.83. The van der Waals surface area contributed by atoms with Crippen molar-refractivity contribution in [2.75, 3.05) is 7.05 Å². The number of aliphatic hydroxyl groups is 1. The number of ether oxygens (including phenoxy) is 2. The van der Waals surface area contributed by atoms with Gasteiger partial charge in [0.1, 0.15) is 23.3 Å². The van der Waals surface area contributed by atoms with Crippen molar-refractivity contribution in [1.82, 2.24) is 10.6 Å². The maximum atomic E-state index is 12.2. The van der Waals surface area contributed by atoms with Crippen LogP contribution in [-0.4, -0.2) is 53.5 Å². The smallest absolute Gasteiger partial charge is 0.408 e. The number of hydrogen-bond acceptors (Lipinski definition) is 6. The highest BCUT2D eigenvalue weighted by atomic mass is 16.6. The Bertz CT molecular complexity index is 436. The summed E-state index contributed by atoms with van der Waals surface area (Å²) in [4.78, 5) is 35.4. The molecule has 0 bridgehead atoms. The van der Waals surface area contributed by atoms with Crippen LogP contribution in [0.2, 0.25) is 0 Å². The number of aliphatic hydroxyl groups excluding tert-OH is 1. The molecule has 0 saturated carbocycles. The van der Waals surface area contributed by atoms with Gasteiger partial charge < -0.3 is 25.2 Å². The molecule has 0 aliphatic heterocycles. The van der Waals surface area contributed by atoms with E-state index in [0.29, 0.717) is 0 Å². The number of rotatable bonds is 5. The molecule has 3 N–H and O–H groups in total. The van der Waals surface area contributed by atoms with Crippen LogP contribution in [0.15, 0.2) is 0 Å². The molecular weight excluding hydrogens is 304 g/mol. The minimum Gasteiger partial charge on any atom is -0.458 e. The topological polar surface area (TPSA) is 114 Å². The molecule has 1 unspecified atom stereocenters. The highest BCUT2D eigenvalue weighted by molar-refractivity contribution is 5.84. The van der Waals surface area contributed by atoms with Gasteiger partial charge in [-0.05, 0) is 41.5 Å². The Morgan fingerprint density at radius 2 is 1.48 bits per heavy atom. The zero-order chi connectivity index (χ0) is 18.4. The third kappa shape index (κ3) is 9.72. The van der Waals surface area contributed by atoms with Gasteiger partial charge in [0.15, 0.2) is 0 Å². The van der Waals surface area contributed by atoms with E-state index in [-0.39, 0.29) is 6.42 Å². The number of likely N-dealkylation sites (N-methyl/N-ethyl adjacent to an activating group) is 1. The SMILES string of the molecule is CNC(=O)C(O)C[C@@H](NC(=O)OC(C)(C)C)C(=O)OC(C)(C)C. The van der Waals surface area contributed by atoms with E-state index in [1.54, 1.807) is 41.5 Å². The van der Waals surface area contributed by atoms with Crippen molar-refractivity contribution in [2.24, 2.45) is 0 Å². The molecule has 0 rings (SSSR count). The maximum Gasteiger partial charge on any atom is 0.408 e. The van der Waals surface area contributed by atoms with Gasteiger partial charge in [-0.3, -0.25) is 4.79 Å². The Morgan fingerprint density at radius 1 is 1.00 bits per heavy atom. The quantitative estimate of drug-likeness (QED) is 0.639. The predicted octanol–water partition coefficient (Wildman–Crippen LogP) is 0.718. The first kappa shape index (κ1) is 21.2. The van der Waals surface area contributed by atoms with E-state index in [4.69, 9.17) is 9.47 Å². The molecule has 0 fully saturated rings. The van der Waals surface area contributed by atoms with E-state index in [9.17, 15) is 19.5 Å². The van der Waals surface area contributed by atoms with Crippen molar-refractivity contribution in [2.45, 2.75) is 71.3 Å². The molecule has 0 aliphatic carbocycles. The molecule has 8 nitrogen and oxygen atoms in total. The summed E-state index contributed by atoms with van der Waals surface area (Å²) in [5, 5.41) is 14.4. The second-order valence-electron chi connectivity index (χ2n) is 7.10. The van der Waals surface area contributed by atoms with Gasteiger partial charge in [-0.2, -0.15) is 0 Å². The van der Waals surface area contributed by atoms with E-state index in [1.165, 1.54) is 7.05 Å². The molecule has 0 heterocycles. The zero-order valence-electron chi connectivity index (χ0n) is 14.9. The molecule has 2 amide bonds. The summed E-state index contributed by atoms with van der Waals surface area (Å²) >= 11 is 0. The zero-order valence-corrected chi connectivity index (χ0v) is 14.9. The van der Waals surface area contributed by atoms with Crippen LogP contribution in [0.1, 0.15) is 48.0 Å². The third-order valence-electron chi connectivity index (χ3n) is 2.39. The van der Waals surface area contributed by atoms with Crippen LogP contribution in [0, 0.1) is 0 Å². The van der Waals surface area contributed by atoms with E-state index in [1.807, 2.05) is 0 Å². The lowest BCUT2D eigenvalue weighted by Gasteiger charge is -2.27. The van der Waals surface area contributed by atoms with E-state index in [2.05, 4.69) is 10.6 Å². The fourth-order valence-electron chi connectivity index (χ4n) is 1.53. The lowest BCUT2D eigenvalue weighted by molar-refractivity contribution is -0.158. The fraction of sp³-hybridized carbons (Fsp3) is 0.800. The Kier molecular flexibility index (Phi) is 7.50. The molecule has 0 radical (unpaired) electrons. The summed E-state index contributed by atoms with van der Waals surface area (Å²) in [6.07, 6.45) is -2.63. The predicted molar refractivity (Wildman–Crippen MR) is 83.7 cm³/mol. The fourth-order valence-corrected chi connectivity index (χ4v) is 1.53. The van der Waals surface area contributed by atoms with Gasteiger partial charge in [-0.1, -0.05) is 0 Å². The van der Waals surface area contributed by atoms with Crippen molar-refractivity contribution in [1.29, 1.82) is 0 Å². The summed E-state index contributed by atoms with van der Waals surface area (Å²) in [5.41, 5.74) is -1.52. The highest BCUT2D eigenvalue weighted by Crippen LogP contribution is 2.12. The Labute approximate surface area is 136 Å². The molecule has 0 aromatic rings. The van der Waals surface area contributed by atoms with Gasteiger partial charge in [0, 0.05) is 13.5 Å². The number of carbonyl (C=O) groups is 3. The average molecular weight is 332 g/mol. The minimum absolute atomic E-state index is 0.326. The highest BCUT2D eigenvalue weighted by Gasteiger charge is 2.32. The molecule has 0 aromatic heterocycles. The van der Waals surface area contributed by atoms with Crippen molar-refractivity contribution in [3.63, 3.8) is 0 Å². The summed E-state index contributed by atoms with van der Waals surface area (Å²) in [5.74, 6) is -1.42. The summed E-state index contributed by atoms with van der Waals surface area (Å²) in [6, 6.07) is -1.21. The van der Waals surface area contributed by atoms with Crippen LogP contribution in [0.25, 0.3) is 0 Å². The molecule has 8 heteroatoms. The maximum absolute atomic E-state index is 12.2. The van der Waals surface area contributed by atoms with Crippen molar-refractivity contribution in [3.8, 4) is 0 Å². The van der Waals surface area contributed by atoms with Gasteiger partial charge in [-0.25, -0.2) is 9.59 Å². The summed E-state index contributed by atoms with van der Waals surface area (Å²) in [6.45, 7) is 10.0. The number of carbonyl (C=O) groups excluding carboxylic acids is 3. The van der Waals surface area contributed by atoms with Gasteiger partial charge in [0.25, 0.3) is 0 Å².